The maximum atomic E-state index is 13.8. The first kappa shape index (κ1) is 26.7. The quantitative estimate of drug-likeness (QED) is 0.427. The minimum Gasteiger partial charge on any atom is -0.492 e. The van der Waals surface area contributed by atoms with Gasteiger partial charge in [0.05, 0.1) is 17.2 Å². The summed E-state index contributed by atoms with van der Waals surface area (Å²) < 4.78 is 34.3. The normalized spacial score (nSPS) is 11.9. The summed E-state index contributed by atoms with van der Waals surface area (Å²) in [6.07, 6.45) is 0. The molecule has 1 N–H and O–H groups in total. The van der Waals surface area contributed by atoms with E-state index in [1.165, 1.54) is 24.1 Å². The van der Waals surface area contributed by atoms with Gasteiger partial charge in [0.15, 0.2) is 0 Å². The van der Waals surface area contributed by atoms with Crippen LogP contribution in [-0.4, -0.2) is 51.4 Å². The smallest absolute Gasteiger partial charge is 0.264 e. The highest BCUT2D eigenvalue weighted by atomic mass is 32.2. The summed E-state index contributed by atoms with van der Waals surface area (Å²) in [5, 5.41) is 2.57. The van der Waals surface area contributed by atoms with Gasteiger partial charge in [-0.2, -0.15) is 0 Å². The van der Waals surface area contributed by atoms with E-state index in [2.05, 4.69) is 5.32 Å². The third-order valence-corrected chi connectivity index (χ3v) is 7.43. The SMILES string of the molecule is CCOc1ccccc1N(CC(=O)N(Cc1ccccc1)[C@H](C)C(=O)NC)S(=O)(=O)c1ccccc1. The van der Waals surface area contributed by atoms with Gasteiger partial charge in [0.25, 0.3) is 10.0 Å². The molecule has 9 heteroatoms. The highest BCUT2D eigenvalue weighted by Crippen LogP contribution is 2.32. The zero-order valence-corrected chi connectivity index (χ0v) is 21.4. The van der Waals surface area contributed by atoms with Crippen LogP contribution in [-0.2, 0) is 26.2 Å². The number of para-hydroxylation sites is 2. The van der Waals surface area contributed by atoms with Crippen molar-refractivity contribution in [3.63, 3.8) is 0 Å². The van der Waals surface area contributed by atoms with Crippen molar-refractivity contribution in [2.75, 3.05) is 24.5 Å². The van der Waals surface area contributed by atoms with Crippen LogP contribution < -0.4 is 14.4 Å². The molecule has 0 aromatic heterocycles. The average molecular weight is 510 g/mol. The fourth-order valence-corrected chi connectivity index (χ4v) is 5.19. The summed E-state index contributed by atoms with van der Waals surface area (Å²) in [5.74, 6) is -0.548. The Morgan fingerprint density at radius 2 is 1.50 bits per heavy atom. The third kappa shape index (κ3) is 6.23. The number of sulfonamides is 1. The van der Waals surface area contributed by atoms with E-state index in [0.717, 1.165) is 9.87 Å². The van der Waals surface area contributed by atoms with Crippen molar-refractivity contribution in [1.29, 1.82) is 0 Å². The van der Waals surface area contributed by atoms with E-state index in [-0.39, 0.29) is 23.0 Å². The molecule has 0 fully saturated rings. The molecule has 0 saturated carbocycles. The number of ether oxygens (including phenoxy) is 1. The van der Waals surface area contributed by atoms with E-state index >= 15 is 0 Å². The Balaban J connectivity index is 2.06. The molecule has 0 aliphatic heterocycles. The topological polar surface area (TPSA) is 96.0 Å². The number of benzene rings is 3. The van der Waals surface area contributed by atoms with E-state index in [9.17, 15) is 18.0 Å². The van der Waals surface area contributed by atoms with Gasteiger partial charge in [-0.1, -0.05) is 60.7 Å². The standard InChI is InChI=1S/C27H31N3O5S/c1-4-35-25-18-12-11-17-24(25)30(36(33,34)23-15-9-6-10-16-23)20-26(31)29(21(2)27(32)28-3)19-22-13-7-5-8-14-22/h5-18,21H,4,19-20H2,1-3H3,(H,28,32)/t21-/m1/s1. The number of likely N-dealkylation sites (N-methyl/N-ethyl adjacent to an activating group) is 1. The van der Waals surface area contributed by atoms with Crippen molar-refractivity contribution in [2.45, 2.75) is 31.3 Å². The first-order chi connectivity index (χ1) is 17.3. The van der Waals surface area contributed by atoms with Gasteiger partial charge in [0, 0.05) is 13.6 Å². The number of nitrogens with one attached hydrogen (secondary N) is 1. The van der Waals surface area contributed by atoms with Gasteiger partial charge in [-0.15, -0.1) is 0 Å². The molecule has 0 radical (unpaired) electrons. The molecule has 36 heavy (non-hydrogen) atoms. The van der Waals surface area contributed by atoms with Crippen molar-refractivity contribution >= 4 is 27.5 Å². The fourth-order valence-electron chi connectivity index (χ4n) is 3.75. The minimum absolute atomic E-state index is 0.0399. The molecular formula is C27H31N3O5S. The van der Waals surface area contributed by atoms with E-state index in [4.69, 9.17) is 4.74 Å². The molecule has 0 aliphatic carbocycles. The summed E-state index contributed by atoms with van der Waals surface area (Å²) in [4.78, 5) is 27.7. The van der Waals surface area contributed by atoms with Crippen LogP contribution in [0, 0.1) is 0 Å². The number of hydrogen-bond acceptors (Lipinski definition) is 5. The number of amides is 2. The molecule has 1 atom stereocenters. The van der Waals surface area contributed by atoms with Gasteiger partial charge in [0.1, 0.15) is 18.3 Å². The molecule has 0 bridgehead atoms. The number of rotatable bonds is 11. The second-order valence-electron chi connectivity index (χ2n) is 8.02. The Hall–Kier alpha value is -3.85. The lowest BCUT2D eigenvalue weighted by atomic mass is 10.1. The Morgan fingerprint density at radius 1 is 0.917 bits per heavy atom. The van der Waals surface area contributed by atoms with Gasteiger partial charge in [-0.25, -0.2) is 8.42 Å². The summed E-state index contributed by atoms with van der Waals surface area (Å²) in [6, 6.07) is 23.0. The monoisotopic (exact) mass is 509 g/mol. The number of hydrogen-bond donors (Lipinski definition) is 1. The molecule has 0 spiro atoms. The lowest BCUT2D eigenvalue weighted by Gasteiger charge is -2.32. The predicted molar refractivity (Wildman–Crippen MR) is 139 cm³/mol. The number of nitrogens with zero attached hydrogens (tertiary/aromatic N) is 2. The molecule has 3 rings (SSSR count). The van der Waals surface area contributed by atoms with Crippen molar-refractivity contribution in [1.82, 2.24) is 10.2 Å². The second-order valence-corrected chi connectivity index (χ2v) is 9.89. The largest absolute Gasteiger partial charge is 0.492 e. The van der Waals surface area contributed by atoms with Crippen molar-refractivity contribution in [2.24, 2.45) is 0 Å². The zero-order chi connectivity index (χ0) is 26.1. The van der Waals surface area contributed by atoms with Crippen molar-refractivity contribution in [3.8, 4) is 5.75 Å². The molecule has 8 nitrogen and oxygen atoms in total. The molecule has 2 amide bonds. The Kier molecular flexibility index (Phi) is 9.08. The highest BCUT2D eigenvalue weighted by Gasteiger charge is 2.33. The van der Waals surface area contributed by atoms with Crippen molar-refractivity contribution in [3.05, 3.63) is 90.5 Å². The highest BCUT2D eigenvalue weighted by molar-refractivity contribution is 7.92. The molecular weight excluding hydrogens is 478 g/mol. The van der Waals surface area contributed by atoms with Gasteiger partial charge >= 0.3 is 0 Å². The van der Waals surface area contributed by atoms with Crippen LogP contribution in [0.15, 0.2) is 89.8 Å². The van der Waals surface area contributed by atoms with Gasteiger partial charge in [-0.05, 0) is 43.7 Å². The summed E-state index contributed by atoms with van der Waals surface area (Å²) in [6.45, 7) is 3.35. The van der Waals surface area contributed by atoms with Crippen LogP contribution in [0.25, 0.3) is 0 Å². The molecule has 190 valence electrons. The maximum absolute atomic E-state index is 13.8. The first-order valence-corrected chi connectivity index (χ1v) is 13.1. The van der Waals surface area contributed by atoms with E-state index in [0.29, 0.717) is 12.4 Å². The minimum atomic E-state index is -4.14. The van der Waals surface area contributed by atoms with Gasteiger partial charge in [0.2, 0.25) is 11.8 Å². The van der Waals surface area contributed by atoms with Crippen LogP contribution in [0.2, 0.25) is 0 Å². The molecule has 3 aromatic rings. The molecule has 3 aromatic carbocycles. The average Bonchev–Trinajstić information content (AvgIpc) is 2.91. The molecule has 0 unspecified atom stereocenters. The van der Waals surface area contributed by atoms with Crippen LogP contribution in [0.4, 0.5) is 5.69 Å². The fraction of sp³-hybridized carbons (Fsp3) is 0.259. The summed E-state index contributed by atoms with van der Waals surface area (Å²) in [5.41, 5.74) is 1.05. The van der Waals surface area contributed by atoms with Crippen LogP contribution in [0.5, 0.6) is 5.75 Å². The number of carbonyl (C=O) groups is 2. The lowest BCUT2D eigenvalue weighted by molar-refractivity contribution is -0.139. The second kappa shape index (κ2) is 12.2. The Bertz CT molecular complexity index is 1270. The van der Waals surface area contributed by atoms with E-state index in [1.807, 2.05) is 30.3 Å². The van der Waals surface area contributed by atoms with Crippen LogP contribution in [0.1, 0.15) is 19.4 Å². The first-order valence-electron chi connectivity index (χ1n) is 11.6. The maximum Gasteiger partial charge on any atom is 0.264 e. The number of anilines is 1. The summed E-state index contributed by atoms with van der Waals surface area (Å²) in [7, 11) is -2.65. The molecule has 0 heterocycles. The van der Waals surface area contributed by atoms with Gasteiger partial charge < -0.3 is 15.0 Å². The van der Waals surface area contributed by atoms with E-state index in [1.54, 1.807) is 56.3 Å². The van der Waals surface area contributed by atoms with Gasteiger partial charge in [-0.3, -0.25) is 13.9 Å². The third-order valence-electron chi connectivity index (χ3n) is 5.65. The number of carbonyl (C=O) groups excluding carboxylic acids is 2. The zero-order valence-electron chi connectivity index (χ0n) is 20.6. The Labute approximate surface area is 212 Å². The van der Waals surface area contributed by atoms with Crippen molar-refractivity contribution < 1.29 is 22.7 Å². The summed E-state index contributed by atoms with van der Waals surface area (Å²) >= 11 is 0. The lowest BCUT2D eigenvalue weighted by Crippen LogP contribution is -2.50. The Morgan fingerprint density at radius 3 is 2.11 bits per heavy atom. The molecule has 0 aliphatic rings. The van der Waals surface area contributed by atoms with Crippen LogP contribution >= 0.6 is 0 Å². The van der Waals surface area contributed by atoms with E-state index < -0.39 is 28.5 Å². The molecule has 0 saturated heterocycles. The van der Waals surface area contributed by atoms with Crippen LogP contribution in [0.3, 0.4) is 0 Å². The predicted octanol–water partition coefficient (Wildman–Crippen LogP) is 3.44.